The summed E-state index contributed by atoms with van der Waals surface area (Å²) in [5.41, 5.74) is 3.24. The molecule has 1 aromatic carbocycles. The molecule has 2 rings (SSSR count). The van der Waals surface area contributed by atoms with E-state index in [1.54, 1.807) is 6.92 Å². The summed E-state index contributed by atoms with van der Waals surface area (Å²) in [5, 5.41) is 2.93. The Morgan fingerprint density at radius 3 is 2.80 bits per heavy atom. The normalized spacial score (nSPS) is 13.8. The zero-order chi connectivity index (χ0) is 14.5. The molecule has 0 fully saturated rings. The summed E-state index contributed by atoms with van der Waals surface area (Å²) in [5.74, 6) is 0.166. The van der Waals surface area contributed by atoms with Gasteiger partial charge in [0, 0.05) is 32.1 Å². The zero-order valence-corrected chi connectivity index (χ0v) is 12.2. The second kappa shape index (κ2) is 6.55. The van der Waals surface area contributed by atoms with Gasteiger partial charge in [-0.1, -0.05) is 19.4 Å². The van der Waals surface area contributed by atoms with Crippen molar-refractivity contribution in [2.75, 3.05) is 11.9 Å². The fourth-order valence-electron chi connectivity index (χ4n) is 2.46. The topological polar surface area (TPSA) is 49.4 Å². The predicted octanol–water partition coefficient (Wildman–Crippen LogP) is 2.72. The van der Waals surface area contributed by atoms with Crippen molar-refractivity contribution in [3.8, 4) is 0 Å². The van der Waals surface area contributed by atoms with Gasteiger partial charge in [0.2, 0.25) is 11.8 Å². The predicted molar refractivity (Wildman–Crippen MR) is 79.4 cm³/mol. The van der Waals surface area contributed by atoms with Crippen LogP contribution in [0.1, 0.15) is 44.2 Å². The third-order valence-corrected chi connectivity index (χ3v) is 3.71. The van der Waals surface area contributed by atoms with Crippen LogP contribution >= 0.6 is 0 Å². The lowest BCUT2D eigenvalue weighted by Crippen LogP contribution is -2.34. The summed E-state index contributed by atoms with van der Waals surface area (Å²) >= 11 is 0. The van der Waals surface area contributed by atoms with E-state index in [0.717, 1.165) is 37.1 Å². The van der Waals surface area contributed by atoms with E-state index in [-0.39, 0.29) is 11.8 Å². The van der Waals surface area contributed by atoms with Gasteiger partial charge in [-0.3, -0.25) is 9.59 Å². The van der Waals surface area contributed by atoms with Gasteiger partial charge in [-0.2, -0.15) is 0 Å². The van der Waals surface area contributed by atoms with E-state index in [4.69, 9.17) is 0 Å². The monoisotopic (exact) mass is 274 g/mol. The van der Waals surface area contributed by atoms with Crippen LogP contribution in [0.25, 0.3) is 0 Å². The Labute approximate surface area is 120 Å². The van der Waals surface area contributed by atoms with Gasteiger partial charge >= 0.3 is 0 Å². The first kappa shape index (κ1) is 14.6. The van der Waals surface area contributed by atoms with Crippen molar-refractivity contribution in [2.24, 2.45) is 0 Å². The average Bonchev–Trinajstić information content (AvgIpc) is 2.44. The largest absolute Gasteiger partial charge is 0.338 e. The van der Waals surface area contributed by atoms with E-state index in [1.807, 2.05) is 17.0 Å². The van der Waals surface area contributed by atoms with Crippen molar-refractivity contribution in [3.05, 3.63) is 29.3 Å². The molecule has 0 unspecified atom stereocenters. The molecule has 1 aromatic rings. The van der Waals surface area contributed by atoms with Crippen LogP contribution in [0.3, 0.4) is 0 Å². The Bertz CT molecular complexity index is 511. The summed E-state index contributed by atoms with van der Waals surface area (Å²) in [4.78, 5) is 25.0. The van der Waals surface area contributed by atoms with Crippen LogP contribution in [-0.4, -0.2) is 23.3 Å². The molecule has 0 bridgehead atoms. The Hall–Kier alpha value is -1.84. The lowest BCUT2D eigenvalue weighted by Gasteiger charge is -2.28. The minimum absolute atomic E-state index is 0.0611. The van der Waals surface area contributed by atoms with Crippen LogP contribution in [-0.2, 0) is 22.6 Å². The highest BCUT2D eigenvalue weighted by molar-refractivity contribution is 5.90. The third-order valence-electron chi connectivity index (χ3n) is 3.71. The second-order valence-electron chi connectivity index (χ2n) is 5.33. The molecule has 0 saturated heterocycles. The molecule has 0 aliphatic carbocycles. The lowest BCUT2D eigenvalue weighted by atomic mass is 9.99. The van der Waals surface area contributed by atoms with Gasteiger partial charge in [0.15, 0.2) is 0 Å². The van der Waals surface area contributed by atoms with Crippen LogP contribution < -0.4 is 5.32 Å². The highest BCUT2D eigenvalue weighted by atomic mass is 16.2. The van der Waals surface area contributed by atoms with Crippen molar-refractivity contribution in [3.63, 3.8) is 0 Å². The number of nitrogens with one attached hydrogen (secondary N) is 1. The molecule has 1 aliphatic rings. The van der Waals surface area contributed by atoms with Gasteiger partial charge in [-0.05, 0) is 36.1 Å². The molecule has 20 heavy (non-hydrogen) atoms. The summed E-state index contributed by atoms with van der Waals surface area (Å²) < 4.78 is 0. The van der Waals surface area contributed by atoms with Crippen LogP contribution in [0.2, 0.25) is 0 Å². The molecule has 0 aromatic heterocycles. The summed E-state index contributed by atoms with van der Waals surface area (Å²) in [6, 6.07) is 6.00. The highest BCUT2D eigenvalue weighted by Gasteiger charge is 2.18. The Kier molecular flexibility index (Phi) is 4.77. The molecule has 0 saturated carbocycles. The van der Waals surface area contributed by atoms with Gasteiger partial charge in [0.05, 0.1) is 0 Å². The van der Waals surface area contributed by atoms with E-state index >= 15 is 0 Å². The summed E-state index contributed by atoms with van der Waals surface area (Å²) in [6.07, 6.45) is 3.38. The third kappa shape index (κ3) is 3.59. The van der Waals surface area contributed by atoms with Crippen LogP contribution in [0.15, 0.2) is 18.2 Å². The number of carbonyl (C=O) groups is 2. The number of anilines is 1. The van der Waals surface area contributed by atoms with Crippen molar-refractivity contribution in [1.29, 1.82) is 0 Å². The number of amides is 2. The van der Waals surface area contributed by atoms with Gasteiger partial charge in [0.1, 0.15) is 0 Å². The van der Waals surface area contributed by atoms with Crippen molar-refractivity contribution in [1.82, 2.24) is 4.90 Å². The number of rotatable bonds is 4. The smallest absolute Gasteiger partial charge is 0.224 e. The molecular formula is C16H22N2O2. The maximum Gasteiger partial charge on any atom is 0.224 e. The molecule has 1 aliphatic heterocycles. The number of hydrogen-bond donors (Lipinski definition) is 1. The van der Waals surface area contributed by atoms with Crippen LogP contribution in [0.5, 0.6) is 0 Å². The van der Waals surface area contributed by atoms with E-state index < -0.39 is 0 Å². The van der Waals surface area contributed by atoms with Crippen LogP contribution in [0, 0.1) is 0 Å². The fourth-order valence-corrected chi connectivity index (χ4v) is 2.46. The fraction of sp³-hybridized carbons (Fsp3) is 0.500. The molecule has 2 amide bonds. The Balaban J connectivity index is 2.05. The molecule has 1 heterocycles. The van der Waals surface area contributed by atoms with Gasteiger partial charge < -0.3 is 10.2 Å². The molecule has 0 radical (unpaired) electrons. The first-order valence-corrected chi connectivity index (χ1v) is 7.27. The van der Waals surface area contributed by atoms with Gasteiger partial charge in [-0.15, -0.1) is 0 Å². The molecule has 0 atom stereocenters. The highest BCUT2D eigenvalue weighted by Crippen LogP contribution is 2.23. The lowest BCUT2D eigenvalue weighted by molar-refractivity contribution is -0.129. The first-order chi connectivity index (χ1) is 9.60. The van der Waals surface area contributed by atoms with Crippen LogP contribution in [0.4, 0.5) is 5.69 Å². The SMILES string of the molecule is CCCCC(=O)Nc1ccc2c(c1)CN(C(C)=O)CC2. The number of carbonyl (C=O) groups excluding carboxylic acids is 2. The quantitative estimate of drug-likeness (QED) is 0.917. The summed E-state index contributed by atoms with van der Waals surface area (Å²) in [6.45, 7) is 5.10. The average molecular weight is 274 g/mol. The molecule has 4 nitrogen and oxygen atoms in total. The molecule has 1 N–H and O–H groups in total. The van der Waals surface area contributed by atoms with E-state index in [1.165, 1.54) is 5.56 Å². The number of fused-ring (bicyclic) bond motifs is 1. The van der Waals surface area contributed by atoms with Gasteiger partial charge in [-0.25, -0.2) is 0 Å². The molecule has 0 spiro atoms. The number of unbranched alkanes of at least 4 members (excludes halogenated alkanes) is 1. The zero-order valence-electron chi connectivity index (χ0n) is 12.2. The second-order valence-corrected chi connectivity index (χ2v) is 5.33. The minimum atomic E-state index is 0.0611. The Morgan fingerprint density at radius 1 is 1.30 bits per heavy atom. The number of nitrogens with zero attached hydrogens (tertiary/aromatic N) is 1. The maximum atomic E-state index is 11.7. The minimum Gasteiger partial charge on any atom is -0.338 e. The standard InChI is InChI=1S/C16H22N2O2/c1-3-4-5-16(20)17-15-7-6-13-8-9-18(12(2)19)11-14(13)10-15/h6-7,10H,3-5,8-9,11H2,1-2H3,(H,17,20). The van der Waals surface area contributed by atoms with E-state index in [2.05, 4.69) is 18.3 Å². The number of benzene rings is 1. The number of hydrogen-bond acceptors (Lipinski definition) is 2. The summed E-state index contributed by atoms with van der Waals surface area (Å²) in [7, 11) is 0. The molecule has 108 valence electrons. The van der Waals surface area contributed by atoms with Crippen molar-refractivity contribution in [2.45, 2.75) is 46.1 Å². The molecular weight excluding hydrogens is 252 g/mol. The first-order valence-electron chi connectivity index (χ1n) is 7.27. The van der Waals surface area contributed by atoms with Crippen molar-refractivity contribution >= 4 is 17.5 Å². The van der Waals surface area contributed by atoms with Crippen molar-refractivity contribution < 1.29 is 9.59 Å². The van der Waals surface area contributed by atoms with Gasteiger partial charge in [0.25, 0.3) is 0 Å². The Morgan fingerprint density at radius 2 is 2.10 bits per heavy atom. The van der Waals surface area contributed by atoms with E-state index in [9.17, 15) is 9.59 Å². The molecule has 4 heteroatoms. The maximum absolute atomic E-state index is 11.7. The van der Waals surface area contributed by atoms with E-state index in [0.29, 0.717) is 13.0 Å².